The van der Waals surface area contributed by atoms with Crippen LogP contribution in [0.5, 0.6) is 0 Å². The molecule has 1 aromatic carbocycles. The van der Waals surface area contributed by atoms with Crippen molar-refractivity contribution in [2.24, 2.45) is 11.7 Å². The smallest absolute Gasteiger partial charge is 0.241 e. The van der Waals surface area contributed by atoms with Gasteiger partial charge in [-0.3, -0.25) is 4.79 Å². The lowest BCUT2D eigenvalue weighted by molar-refractivity contribution is -0.118. The average molecular weight is 306 g/mol. The van der Waals surface area contributed by atoms with Gasteiger partial charge in [0.15, 0.2) is 0 Å². The van der Waals surface area contributed by atoms with Gasteiger partial charge in [-0.15, -0.1) is 0 Å². The van der Waals surface area contributed by atoms with Crippen LogP contribution in [-0.4, -0.2) is 11.9 Å². The molecule has 0 saturated carbocycles. The van der Waals surface area contributed by atoms with Gasteiger partial charge in [0.25, 0.3) is 0 Å². The van der Waals surface area contributed by atoms with Crippen LogP contribution in [0.2, 0.25) is 5.02 Å². The van der Waals surface area contributed by atoms with Gasteiger partial charge in [-0.25, -0.2) is 0 Å². The lowest BCUT2D eigenvalue weighted by Crippen LogP contribution is -2.39. The third-order valence-electron chi connectivity index (χ3n) is 2.21. The minimum atomic E-state index is -0.512. The summed E-state index contributed by atoms with van der Waals surface area (Å²) in [7, 11) is 0. The second-order valence-electron chi connectivity index (χ2n) is 3.89. The van der Waals surface area contributed by atoms with Crippen LogP contribution in [0.1, 0.15) is 13.8 Å². The van der Waals surface area contributed by atoms with Gasteiger partial charge in [0, 0.05) is 10.2 Å². The standard InChI is InChI=1S/C11H14BrClN2O/c1-6(2)10(14)11(16)15-7-3-4-8(12)9(13)5-7/h3-6,10H,14H2,1-2H3,(H,15,16)/t10-/m1/s1. The van der Waals surface area contributed by atoms with Crippen molar-refractivity contribution in [2.45, 2.75) is 19.9 Å². The van der Waals surface area contributed by atoms with Crippen LogP contribution in [-0.2, 0) is 4.79 Å². The Bertz CT molecular complexity index is 396. The van der Waals surface area contributed by atoms with Crippen molar-refractivity contribution < 1.29 is 4.79 Å². The van der Waals surface area contributed by atoms with Gasteiger partial charge in [-0.1, -0.05) is 25.4 Å². The second kappa shape index (κ2) is 5.66. The Morgan fingerprint density at radius 2 is 2.12 bits per heavy atom. The number of anilines is 1. The zero-order valence-corrected chi connectivity index (χ0v) is 11.5. The Morgan fingerprint density at radius 1 is 1.50 bits per heavy atom. The molecule has 3 N–H and O–H groups in total. The van der Waals surface area contributed by atoms with Crippen LogP contribution >= 0.6 is 27.5 Å². The van der Waals surface area contributed by atoms with Gasteiger partial charge in [-0.2, -0.15) is 0 Å². The van der Waals surface area contributed by atoms with Crippen molar-refractivity contribution in [1.29, 1.82) is 0 Å². The first kappa shape index (κ1) is 13.5. The molecule has 0 aliphatic carbocycles. The van der Waals surface area contributed by atoms with E-state index in [2.05, 4.69) is 21.2 Å². The lowest BCUT2D eigenvalue weighted by atomic mass is 10.1. The summed E-state index contributed by atoms with van der Waals surface area (Å²) in [6.07, 6.45) is 0. The molecular formula is C11H14BrClN2O. The zero-order chi connectivity index (χ0) is 12.3. The highest BCUT2D eigenvalue weighted by molar-refractivity contribution is 9.10. The van der Waals surface area contributed by atoms with E-state index in [-0.39, 0.29) is 11.8 Å². The molecule has 0 aliphatic rings. The summed E-state index contributed by atoms with van der Waals surface area (Å²) in [4.78, 5) is 11.7. The molecule has 88 valence electrons. The predicted molar refractivity (Wildman–Crippen MR) is 70.6 cm³/mol. The number of rotatable bonds is 3. The molecule has 0 saturated heterocycles. The maximum atomic E-state index is 11.7. The number of carbonyl (C=O) groups excluding carboxylic acids is 1. The minimum Gasteiger partial charge on any atom is -0.325 e. The van der Waals surface area contributed by atoms with Crippen LogP contribution in [0.15, 0.2) is 22.7 Å². The molecule has 0 unspecified atom stereocenters. The molecule has 1 aromatic rings. The molecule has 0 spiro atoms. The number of benzene rings is 1. The molecule has 0 radical (unpaired) electrons. The van der Waals surface area contributed by atoms with Gasteiger partial charge in [0.1, 0.15) is 0 Å². The summed E-state index contributed by atoms with van der Waals surface area (Å²) >= 11 is 9.19. The van der Waals surface area contributed by atoms with Crippen molar-refractivity contribution >= 4 is 39.1 Å². The quantitative estimate of drug-likeness (QED) is 0.902. The van der Waals surface area contributed by atoms with Gasteiger partial charge in [-0.05, 0) is 40.0 Å². The summed E-state index contributed by atoms with van der Waals surface area (Å²) in [6, 6.07) is 4.71. The van der Waals surface area contributed by atoms with Crippen LogP contribution in [0.4, 0.5) is 5.69 Å². The van der Waals surface area contributed by atoms with Crippen molar-refractivity contribution in [3.05, 3.63) is 27.7 Å². The zero-order valence-electron chi connectivity index (χ0n) is 9.13. The van der Waals surface area contributed by atoms with Crippen LogP contribution in [0, 0.1) is 5.92 Å². The summed E-state index contributed by atoms with van der Waals surface area (Å²) in [5, 5.41) is 3.27. The first-order valence-electron chi connectivity index (χ1n) is 4.93. The number of hydrogen-bond acceptors (Lipinski definition) is 2. The first-order chi connectivity index (χ1) is 7.41. The Hall–Kier alpha value is -0.580. The molecular weight excluding hydrogens is 291 g/mol. The number of nitrogens with two attached hydrogens (primary N) is 1. The molecule has 0 heterocycles. The van der Waals surface area contributed by atoms with E-state index in [1.54, 1.807) is 18.2 Å². The number of halogens is 2. The maximum Gasteiger partial charge on any atom is 0.241 e. The van der Waals surface area contributed by atoms with E-state index in [0.29, 0.717) is 10.7 Å². The van der Waals surface area contributed by atoms with Gasteiger partial charge < -0.3 is 11.1 Å². The monoisotopic (exact) mass is 304 g/mol. The van der Waals surface area contributed by atoms with E-state index in [0.717, 1.165) is 4.47 Å². The fraction of sp³-hybridized carbons (Fsp3) is 0.364. The predicted octanol–water partition coefficient (Wildman–Crippen LogP) is 3.02. The summed E-state index contributed by atoms with van der Waals surface area (Å²) in [6.45, 7) is 3.80. The third kappa shape index (κ3) is 3.47. The molecule has 1 atom stereocenters. The molecule has 1 amide bonds. The van der Waals surface area contributed by atoms with Crippen molar-refractivity contribution in [3.63, 3.8) is 0 Å². The van der Waals surface area contributed by atoms with Crippen LogP contribution in [0.3, 0.4) is 0 Å². The van der Waals surface area contributed by atoms with Gasteiger partial charge >= 0.3 is 0 Å². The van der Waals surface area contributed by atoms with Crippen LogP contribution in [0.25, 0.3) is 0 Å². The van der Waals surface area contributed by atoms with E-state index in [1.807, 2.05) is 13.8 Å². The maximum absolute atomic E-state index is 11.7. The largest absolute Gasteiger partial charge is 0.325 e. The Balaban J connectivity index is 2.74. The number of nitrogens with one attached hydrogen (secondary N) is 1. The summed E-state index contributed by atoms with van der Waals surface area (Å²) < 4.78 is 0.792. The number of amides is 1. The van der Waals surface area contributed by atoms with E-state index in [1.165, 1.54) is 0 Å². The van der Waals surface area contributed by atoms with Crippen molar-refractivity contribution in [2.75, 3.05) is 5.32 Å². The van der Waals surface area contributed by atoms with Gasteiger partial charge in [0.05, 0.1) is 11.1 Å². The highest BCUT2D eigenvalue weighted by Gasteiger charge is 2.17. The highest BCUT2D eigenvalue weighted by atomic mass is 79.9. The normalized spacial score (nSPS) is 12.6. The second-order valence-corrected chi connectivity index (χ2v) is 5.15. The molecule has 3 nitrogen and oxygen atoms in total. The first-order valence-corrected chi connectivity index (χ1v) is 6.10. The van der Waals surface area contributed by atoms with E-state index in [9.17, 15) is 4.79 Å². The summed E-state index contributed by atoms with van der Waals surface area (Å²) in [5.74, 6) is -0.0979. The molecule has 16 heavy (non-hydrogen) atoms. The number of hydrogen-bond donors (Lipinski definition) is 2. The highest BCUT2D eigenvalue weighted by Crippen LogP contribution is 2.25. The average Bonchev–Trinajstić information content (AvgIpc) is 2.22. The lowest BCUT2D eigenvalue weighted by Gasteiger charge is -2.15. The Morgan fingerprint density at radius 3 is 2.62 bits per heavy atom. The molecule has 1 rings (SSSR count). The van der Waals surface area contributed by atoms with Gasteiger partial charge in [0.2, 0.25) is 5.91 Å². The minimum absolute atomic E-state index is 0.103. The molecule has 0 fully saturated rings. The van der Waals surface area contributed by atoms with Crippen molar-refractivity contribution in [3.8, 4) is 0 Å². The van der Waals surface area contributed by atoms with E-state index in [4.69, 9.17) is 17.3 Å². The Kier molecular flexibility index (Phi) is 4.77. The molecule has 0 aromatic heterocycles. The molecule has 0 aliphatic heterocycles. The van der Waals surface area contributed by atoms with Crippen LogP contribution < -0.4 is 11.1 Å². The third-order valence-corrected chi connectivity index (χ3v) is 3.44. The molecule has 0 bridgehead atoms. The summed E-state index contributed by atoms with van der Waals surface area (Å²) in [5.41, 5.74) is 6.37. The fourth-order valence-electron chi connectivity index (χ4n) is 1.10. The molecule has 5 heteroatoms. The number of carbonyl (C=O) groups is 1. The van der Waals surface area contributed by atoms with E-state index < -0.39 is 6.04 Å². The van der Waals surface area contributed by atoms with Crippen molar-refractivity contribution in [1.82, 2.24) is 0 Å². The topological polar surface area (TPSA) is 55.1 Å². The van der Waals surface area contributed by atoms with E-state index >= 15 is 0 Å². The fourth-order valence-corrected chi connectivity index (χ4v) is 1.53. The SMILES string of the molecule is CC(C)[C@@H](N)C(=O)Nc1ccc(Br)c(Cl)c1. The Labute approximate surface area is 108 Å².